The Morgan fingerprint density at radius 1 is 1.17 bits per heavy atom. The molecular weight excluding hydrogens is 579 g/mol. The zero-order valence-corrected chi connectivity index (χ0v) is 20.0. The van der Waals surface area contributed by atoms with E-state index in [0.29, 0.717) is 28.6 Å². The molecule has 0 aliphatic rings. The number of ether oxygens (including phenoxy) is 1. The first-order chi connectivity index (χ1) is 14.4. The van der Waals surface area contributed by atoms with E-state index >= 15 is 0 Å². The first kappa shape index (κ1) is 22.3. The summed E-state index contributed by atoms with van der Waals surface area (Å²) in [7, 11) is 0. The molecule has 0 fully saturated rings. The Morgan fingerprint density at radius 2 is 1.93 bits per heavy atom. The Balaban J connectivity index is 1.82. The van der Waals surface area contributed by atoms with Crippen LogP contribution in [0, 0.1) is 14.9 Å². The monoisotopic (exact) mass is 592 g/mol. The molecule has 0 radical (unpaired) electrons. The van der Waals surface area contributed by atoms with Crippen molar-refractivity contribution in [1.29, 1.82) is 5.26 Å². The molecule has 150 valence electrons. The van der Waals surface area contributed by atoms with Crippen molar-refractivity contribution < 1.29 is 9.53 Å². The number of anilines is 1. The summed E-state index contributed by atoms with van der Waals surface area (Å²) in [4.78, 5) is 12.6. The third kappa shape index (κ3) is 6.33. The zero-order chi connectivity index (χ0) is 21.5. The number of rotatable bonds is 6. The maximum atomic E-state index is 12.6. The van der Waals surface area contributed by atoms with Crippen molar-refractivity contribution in [3.63, 3.8) is 0 Å². The maximum absolute atomic E-state index is 12.6. The van der Waals surface area contributed by atoms with Gasteiger partial charge in [-0.1, -0.05) is 45.7 Å². The molecule has 0 saturated carbocycles. The first-order valence-electron chi connectivity index (χ1n) is 8.80. The van der Waals surface area contributed by atoms with E-state index < -0.39 is 5.91 Å². The number of nitrogens with zero attached hydrogens (tertiary/aromatic N) is 1. The summed E-state index contributed by atoms with van der Waals surface area (Å²) in [6, 6.07) is 22.2. The molecular formula is C23H15BrClIN2O2. The minimum atomic E-state index is -0.525. The molecule has 0 aromatic heterocycles. The van der Waals surface area contributed by atoms with Gasteiger partial charge >= 0.3 is 0 Å². The van der Waals surface area contributed by atoms with Gasteiger partial charge in [-0.2, -0.15) is 5.26 Å². The molecule has 3 aromatic rings. The van der Waals surface area contributed by atoms with Gasteiger partial charge in [0.05, 0.1) is 0 Å². The highest BCUT2D eigenvalue weighted by molar-refractivity contribution is 14.1. The third-order valence-corrected chi connectivity index (χ3v) is 5.47. The van der Waals surface area contributed by atoms with Gasteiger partial charge in [0, 0.05) is 24.3 Å². The number of hydrogen-bond donors (Lipinski definition) is 1. The first-order valence-corrected chi connectivity index (χ1v) is 11.0. The van der Waals surface area contributed by atoms with Crippen molar-refractivity contribution in [3.05, 3.63) is 96.5 Å². The fourth-order valence-corrected chi connectivity index (χ4v) is 3.50. The lowest BCUT2D eigenvalue weighted by atomic mass is 10.1. The summed E-state index contributed by atoms with van der Waals surface area (Å²) in [6.45, 7) is 0.371. The molecule has 0 heterocycles. The molecule has 0 spiro atoms. The van der Waals surface area contributed by atoms with Crippen LogP contribution >= 0.6 is 50.1 Å². The molecule has 0 atom stereocenters. The van der Waals surface area contributed by atoms with Gasteiger partial charge in [-0.15, -0.1) is 0 Å². The standard InChI is InChI=1S/C23H15BrClIN2O2/c24-18-6-9-22(30-14-15-4-7-20(26)8-5-15)16(11-18)10-17(13-27)23(29)28-21-3-1-2-19(25)12-21/h1-12H,14H2,(H,28,29)/b17-10+. The van der Waals surface area contributed by atoms with E-state index in [1.165, 1.54) is 6.08 Å². The van der Waals surface area contributed by atoms with Crippen LogP contribution in [0.3, 0.4) is 0 Å². The van der Waals surface area contributed by atoms with Gasteiger partial charge in [0.25, 0.3) is 5.91 Å². The second-order valence-corrected chi connectivity index (χ2v) is 8.83. The lowest BCUT2D eigenvalue weighted by Gasteiger charge is -2.11. The van der Waals surface area contributed by atoms with Crippen molar-refractivity contribution in [1.82, 2.24) is 0 Å². The highest BCUT2D eigenvalue weighted by Gasteiger charge is 2.12. The maximum Gasteiger partial charge on any atom is 0.266 e. The molecule has 1 N–H and O–H groups in total. The molecule has 0 aliphatic carbocycles. The Morgan fingerprint density at radius 3 is 2.63 bits per heavy atom. The van der Waals surface area contributed by atoms with Gasteiger partial charge in [-0.25, -0.2) is 0 Å². The largest absolute Gasteiger partial charge is 0.488 e. The summed E-state index contributed by atoms with van der Waals surface area (Å²) < 4.78 is 7.91. The number of carbonyl (C=O) groups is 1. The van der Waals surface area contributed by atoms with E-state index in [-0.39, 0.29) is 5.57 Å². The number of nitrogens with one attached hydrogen (secondary N) is 1. The molecule has 3 aromatic carbocycles. The molecule has 0 bridgehead atoms. The fraction of sp³-hybridized carbons (Fsp3) is 0.0435. The van der Waals surface area contributed by atoms with Crippen molar-refractivity contribution in [3.8, 4) is 11.8 Å². The van der Waals surface area contributed by atoms with E-state index in [9.17, 15) is 10.1 Å². The van der Waals surface area contributed by atoms with E-state index in [4.69, 9.17) is 16.3 Å². The van der Waals surface area contributed by atoms with E-state index in [0.717, 1.165) is 13.6 Å². The van der Waals surface area contributed by atoms with Crippen LogP contribution in [-0.4, -0.2) is 5.91 Å². The van der Waals surface area contributed by atoms with Gasteiger partial charge in [0.15, 0.2) is 0 Å². The number of halogens is 3. The molecule has 7 heteroatoms. The second kappa shape index (κ2) is 10.6. The Hall–Kier alpha value is -2.34. The molecule has 3 rings (SSSR count). The molecule has 4 nitrogen and oxygen atoms in total. The summed E-state index contributed by atoms with van der Waals surface area (Å²) in [5.41, 5.74) is 2.10. The van der Waals surface area contributed by atoms with Crippen LogP contribution in [0.4, 0.5) is 5.69 Å². The van der Waals surface area contributed by atoms with Gasteiger partial charge in [-0.05, 0) is 82.8 Å². The van der Waals surface area contributed by atoms with E-state index in [1.807, 2.05) is 36.4 Å². The summed E-state index contributed by atoms with van der Waals surface area (Å²) in [5.74, 6) is 0.0448. The van der Waals surface area contributed by atoms with Gasteiger partial charge in [0.2, 0.25) is 0 Å². The van der Waals surface area contributed by atoms with Crippen LogP contribution < -0.4 is 10.1 Å². The van der Waals surface area contributed by atoms with Crippen molar-refractivity contribution in [2.75, 3.05) is 5.32 Å². The summed E-state index contributed by atoms with van der Waals surface area (Å²) >= 11 is 11.6. The summed E-state index contributed by atoms with van der Waals surface area (Å²) in [6.07, 6.45) is 1.51. The molecule has 30 heavy (non-hydrogen) atoms. The van der Waals surface area contributed by atoms with Crippen LogP contribution in [0.1, 0.15) is 11.1 Å². The number of hydrogen-bond acceptors (Lipinski definition) is 3. The van der Waals surface area contributed by atoms with Crippen molar-refractivity contribution >= 4 is 67.8 Å². The summed E-state index contributed by atoms with van der Waals surface area (Å²) in [5, 5.41) is 12.7. The molecule has 0 unspecified atom stereocenters. The van der Waals surface area contributed by atoms with Crippen LogP contribution in [0.2, 0.25) is 5.02 Å². The topological polar surface area (TPSA) is 62.1 Å². The van der Waals surface area contributed by atoms with Gasteiger partial charge in [-0.3, -0.25) is 4.79 Å². The van der Waals surface area contributed by atoms with Gasteiger partial charge in [0.1, 0.15) is 24.0 Å². The van der Waals surface area contributed by atoms with Crippen molar-refractivity contribution in [2.24, 2.45) is 0 Å². The van der Waals surface area contributed by atoms with E-state index in [1.54, 1.807) is 36.4 Å². The van der Waals surface area contributed by atoms with Crippen LogP contribution in [-0.2, 0) is 11.4 Å². The zero-order valence-electron chi connectivity index (χ0n) is 15.5. The quantitative estimate of drug-likeness (QED) is 0.194. The minimum Gasteiger partial charge on any atom is -0.488 e. The van der Waals surface area contributed by atoms with Gasteiger partial charge < -0.3 is 10.1 Å². The predicted octanol–water partition coefficient (Wildman–Crippen LogP) is 6.83. The lowest BCUT2D eigenvalue weighted by Crippen LogP contribution is -2.13. The van der Waals surface area contributed by atoms with Crippen molar-refractivity contribution in [2.45, 2.75) is 6.61 Å². The highest BCUT2D eigenvalue weighted by Crippen LogP contribution is 2.27. The SMILES string of the molecule is N#C/C(=C\c1cc(Br)ccc1OCc1ccc(I)cc1)C(=O)Nc1cccc(Cl)c1. The lowest BCUT2D eigenvalue weighted by molar-refractivity contribution is -0.112. The van der Waals surface area contributed by atoms with E-state index in [2.05, 4.69) is 43.8 Å². The number of nitriles is 1. The molecule has 1 amide bonds. The third-order valence-electron chi connectivity index (χ3n) is 4.03. The Bertz CT molecular complexity index is 1140. The molecule has 0 aliphatic heterocycles. The van der Waals surface area contributed by atoms with Crippen LogP contribution in [0.25, 0.3) is 6.08 Å². The Labute approximate surface area is 201 Å². The smallest absolute Gasteiger partial charge is 0.266 e. The normalized spacial score (nSPS) is 10.9. The number of benzene rings is 3. The van der Waals surface area contributed by atoms with Crippen LogP contribution in [0.15, 0.2) is 76.8 Å². The Kier molecular flexibility index (Phi) is 7.91. The van der Waals surface area contributed by atoms with Crippen LogP contribution in [0.5, 0.6) is 5.75 Å². The number of carbonyl (C=O) groups excluding carboxylic acids is 1. The molecule has 0 saturated heterocycles. The average molecular weight is 594 g/mol. The number of amides is 1. The minimum absolute atomic E-state index is 0.0489. The highest BCUT2D eigenvalue weighted by atomic mass is 127. The average Bonchev–Trinajstić information content (AvgIpc) is 2.72. The second-order valence-electron chi connectivity index (χ2n) is 6.23. The fourth-order valence-electron chi connectivity index (χ4n) is 2.57. The predicted molar refractivity (Wildman–Crippen MR) is 131 cm³/mol.